The molecule has 20 heavy (non-hydrogen) atoms. The number of hydrogen-bond donors (Lipinski definition) is 1. The van der Waals surface area contributed by atoms with Crippen LogP contribution in [0.4, 0.5) is 13.2 Å². The van der Waals surface area contributed by atoms with Gasteiger partial charge in [0.05, 0.1) is 13.2 Å². The van der Waals surface area contributed by atoms with Crippen LogP contribution >= 0.6 is 0 Å². The summed E-state index contributed by atoms with van der Waals surface area (Å²) in [7, 11) is 0. The van der Waals surface area contributed by atoms with Gasteiger partial charge in [0.1, 0.15) is 6.04 Å². The van der Waals surface area contributed by atoms with Gasteiger partial charge in [-0.25, -0.2) is 0 Å². The first-order valence-electron chi connectivity index (χ1n) is 6.91. The Morgan fingerprint density at radius 2 is 1.90 bits per heavy atom. The third-order valence-electron chi connectivity index (χ3n) is 2.69. The highest BCUT2D eigenvalue weighted by atomic mass is 19.4. The minimum atomic E-state index is -4.22. The van der Waals surface area contributed by atoms with Gasteiger partial charge in [0.15, 0.2) is 0 Å². The molecule has 0 saturated carbocycles. The van der Waals surface area contributed by atoms with Crippen molar-refractivity contribution in [2.75, 3.05) is 26.2 Å². The van der Waals surface area contributed by atoms with Gasteiger partial charge in [0.25, 0.3) is 0 Å². The number of halogens is 3. The van der Waals surface area contributed by atoms with Crippen molar-refractivity contribution in [3.8, 4) is 0 Å². The predicted octanol–water partition coefficient (Wildman–Crippen LogP) is 2.19. The van der Waals surface area contributed by atoms with Crippen molar-refractivity contribution in [3.05, 3.63) is 0 Å². The fourth-order valence-electron chi connectivity index (χ4n) is 1.83. The SMILES string of the molecule is CCOC(=O)C(CCN(CC)CC(F)(F)F)NC(C)C. The number of rotatable bonds is 9. The van der Waals surface area contributed by atoms with E-state index < -0.39 is 24.7 Å². The average molecular weight is 298 g/mol. The number of alkyl halides is 3. The Kier molecular flexibility index (Phi) is 8.80. The summed E-state index contributed by atoms with van der Waals surface area (Å²) in [6.07, 6.45) is -3.93. The number of nitrogens with one attached hydrogen (secondary N) is 1. The highest BCUT2D eigenvalue weighted by Crippen LogP contribution is 2.16. The summed E-state index contributed by atoms with van der Waals surface area (Å²) in [6.45, 7) is 6.90. The van der Waals surface area contributed by atoms with E-state index in [0.717, 1.165) is 0 Å². The molecule has 0 aromatic carbocycles. The summed E-state index contributed by atoms with van der Waals surface area (Å²) in [5.74, 6) is -0.413. The molecule has 120 valence electrons. The lowest BCUT2D eigenvalue weighted by Gasteiger charge is -2.25. The molecule has 4 nitrogen and oxygen atoms in total. The van der Waals surface area contributed by atoms with E-state index >= 15 is 0 Å². The van der Waals surface area contributed by atoms with Gasteiger partial charge in [-0.3, -0.25) is 9.69 Å². The minimum absolute atomic E-state index is 0.0575. The summed E-state index contributed by atoms with van der Waals surface area (Å²) < 4.78 is 42.0. The molecule has 0 aliphatic rings. The summed E-state index contributed by atoms with van der Waals surface area (Å²) in [5, 5.41) is 3.02. The standard InChI is InChI=1S/C13H25F3N2O2/c1-5-18(9-13(14,15)16)8-7-11(17-10(3)4)12(19)20-6-2/h10-11,17H,5-9H2,1-4H3. The maximum atomic E-state index is 12.4. The zero-order valence-electron chi connectivity index (χ0n) is 12.6. The maximum absolute atomic E-state index is 12.4. The summed E-state index contributed by atoms with van der Waals surface area (Å²) in [6, 6.07) is -0.515. The summed E-state index contributed by atoms with van der Waals surface area (Å²) in [5.41, 5.74) is 0. The van der Waals surface area contributed by atoms with Crippen LogP contribution in [0.3, 0.4) is 0 Å². The van der Waals surface area contributed by atoms with E-state index in [4.69, 9.17) is 4.74 Å². The van der Waals surface area contributed by atoms with E-state index in [2.05, 4.69) is 5.32 Å². The molecule has 0 aliphatic carbocycles. The Hall–Kier alpha value is -0.820. The quantitative estimate of drug-likeness (QED) is 0.663. The van der Waals surface area contributed by atoms with Gasteiger partial charge in [-0.15, -0.1) is 0 Å². The zero-order valence-corrected chi connectivity index (χ0v) is 12.6. The number of nitrogens with zero attached hydrogens (tertiary/aromatic N) is 1. The van der Waals surface area contributed by atoms with Crippen molar-refractivity contribution in [1.29, 1.82) is 0 Å². The summed E-state index contributed by atoms with van der Waals surface area (Å²) >= 11 is 0. The van der Waals surface area contributed by atoms with Crippen molar-refractivity contribution in [1.82, 2.24) is 10.2 Å². The summed E-state index contributed by atoms with van der Waals surface area (Å²) in [4.78, 5) is 13.0. The first-order valence-corrected chi connectivity index (χ1v) is 6.91. The van der Waals surface area contributed by atoms with Crippen LogP contribution in [0.5, 0.6) is 0 Å². The molecule has 0 spiro atoms. The Balaban J connectivity index is 4.45. The Labute approximate surface area is 118 Å². The molecule has 0 amide bonds. The third kappa shape index (κ3) is 9.14. The van der Waals surface area contributed by atoms with Crippen LogP contribution in [0.2, 0.25) is 0 Å². The Morgan fingerprint density at radius 3 is 2.30 bits per heavy atom. The normalized spacial score (nSPS) is 13.8. The van der Waals surface area contributed by atoms with Crippen LogP contribution in [-0.4, -0.2) is 55.4 Å². The van der Waals surface area contributed by atoms with Gasteiger partial charge in [0.2, 0.25) is 0 Å². The van der Waals surface area contributed by atoms with Gasteiger partial charge in [-0.1, -0.05) is 20.8 Å². The fourth-order valence-corrected chi connectivity index (χ4v) is 1.83. The van der Waals surface area contributed by atoms with Gasteiger partial charge < -0.3 is 10.1 Å². The molecule has 0 rings (SSSR count). The van der Waals surface area contributed by atoms with Crippen molar-refractivity contribution < 1.29 is 22.7 Å². The maximum Gasteiger partial charge on any atom is 0.401 e. The van der Waals surface area contributed by atoms with Gasteiger partial charge in [-0.05, 0) is 19.9 Å². The predicted molar refractivity (Wildman–Crippen MR) is 71.5 cm³/mol. The average Bonchev–Trinajstić information content (AvgIpc) is 2.30. The molecule has 0 fully saturated rings. The Morgan fingerprint density at radius 1 is 1.30 bits per heavy atom. The van der Waals surface area contributed by atoms with E-state index in [0.29, 0.717) is 6.42 Å². The molecule has 1 atom stereocenters. The Bertz CT molecular complexity index is 283. The highest BCUT2D eigenvalue weighted by Gasteiger charge is 2.30. The van der Waals surface area contributed by atoms with Gasteiger partial charge in [-0.2, -0.15) is 13.2 Å². The lowest BCUT2D eigenvalue weighted by molar-refractivity contribution is -0.148. The van der Waals surface area contributed by atoms with Crippen molar-refractivity contribution >= 4 is 5.97 Å². The van der Waals surface area contributed by atoms with Crippen LogP contribution < -0.4 is 5.32 Å². The molecule has 0 aromatic heterocycles. The second-order valence-corrected chi connectivity index (χ2v) is 4.90. The fraction of sp³-hybridized carbons (Fsp3) is 0.923. The minimum Gasteiger partial charge on any atom is -0.465 e. The van der Waals surface area contributed by atoms with Crippen molar-refractivity contribution in [2.24, 2.45) is 0 Å². The van der Waals surface area contributed by atoms with Crippen molar-refractivity contribution in [3.63, 3.8) is 0 Å². The molecule has 0 saturated heterocycles. The number of ether oxygens (including phenoxy) is 1. The van der Waals surface area contributed by atoms with Gasteiger partial charge in [0, 0.05) is 12.6 Å². The van der Waals surface area contributed by atoms with Crippen LogP contribution in [-0.2, 0) is 9.53 Å². The van der Waals surface area contributed by atoms with E-state index in [1.165, 1.54) is 4.90 Å². The monoisotopic (exact) mass is 298 g/mol. The molecule has 0 heterocycles. The molecular formula is C13H25F3N2O2. The van der Waals surface area contributed by atoms with Crippen LogP contribution in [0, 0.1) is 0 Å². The topological polar surface area (TPSA) is 41.6 Å². The molecule has 1 N–H and O–H groups in total. The van der Waals surface area contributed by atoms with Crippen LogP contribution in [0.15, 0.2) is 0 Å². The van der Waals surface area contributed by atoms with E-state index in [-0.39, 0.29) is 25.7 Å². The molecule has 0 aromatic rings. The van der Waals surface area contributed by atoms with Gasteiger partial charge >= 0.3 is 12.1 Å². The van der Waals surface area contributed by atoms with Crippen LogP contribution in [0.25, 0.3) is 0 Å². The van der Waals surface area contributed by atoms with E-state index in [1.807, 2.05) is 13.8 Å². The lowest BCUT2D eigenvalue weighted by atomic mass is 10.1. The smallest absolute Gasteiger partial charge is 0.401 e. The molecular weight excluding hydrogens is 273 g/mol. The zero-order chi connectivity index (χ0) is 15.8. The third-order valence-corrected chi connectivity index (χ3v) is 2.69. The molecule has 0 radical (unpaired) electrons. The van der Waals surface area contributed by atoms with E-state index in [9.17, 15) is 18.0 Å². The lowest BCUT2D eigenvalue weighted by Crippen LogP contribution is -2.45. The second kappa shape index (κ2) is 9.18. The van der Waals surface area contributed by atoms with Crippen molar-refractivity contribution in [2.45, 2.75) is 52.4 Å². The molecule has 1 unspecified atom stereocenters. The molecule has 0 aliphatic heterocycles. The first kappa shape index (κ1) is 19.2. The highest BCUT2D eigenvalue weighted by molar-refractivity contribution is 5.75. The van der Waals surface area contributed by atoms with E-state index in [1.54, 1.807) is 13.8 Å². The first-order chi connectivity index (χ1) is 9.19. The second-order valence-electron chi connectivity index (χ2n) is 4.90. The number of esters is 1. The number of hydrogen-bond acceptors (Lipinski definition) is 4. The van der Waals surface area contributed by atoms with Crippen LogP contribution in [0.1, 0.15) is 34.1 Å². The number of carbonyl (C=O) groups is 1. The number of carbonyl (C=O) groups excluding carboxylic acids is 1. The molecule has 0 bridgehead atoms. The molecule has 7 heteroatoms. The largest absolute Gasteiger partial charge is 0.465 e.